The minimum atomic E-state index is -0.165. The molecule has 0 unspecified atom stereocenters. The van der Waals surface area contributed by atoms with Gasteiger partial charge in [-0.2, -0.15) is 5.10 Å². The monoisotopic (exact) mass is 334 g/mol. The maximum Gasteiger partial charge on any atom is 0.275 e. The minimum absolute atomic E-state index is 0.165. The van der Waals surface area contributed by atoms with E-state index in [1.807, 2.05) is 36.4 Å². The summed E-state index contributed by atoms with van der Waals surface area (Å²) in [5.41, 5.74) is 1.25. The molecule has 0 bridgehead atoms. The van der Waals surface area contributed by atoms with Gasteiger partial charge < -0.3 is 9.64 Å². The molecule has 0 aliphatic carbocycles. The van der Waals surface area contributed by atoms with Crippen molar-refractivity contribution in [1.82, 2.24) is 19.5 Å². The zero-order chi connectivity index (χ0) is 17.5. The Labute approximate surface area is 146 Å². The van der Waals surface area contributed by atoms with Crippen LogP contribution in [0.25, 0.3) is 5.65 Å². The number of morpholine rings is 1. The smallest absolute Gasteiger partial charge is 0.275 e. The largest absolute Gasteiger partial charge is 0.378 e. The molecular weight excluding hydrogens is 316 g/mol. The predicted octanol–water partition coefficient (Wildman–Crippen LogP) is 1.87. The molecule has 1 saturated heterocycles. The van der Waals surface area contributed by atoms with E-state index in [4.69, 9.17) is 11.2 Å². The normalized spacial score (nSPS) is 13.6. The lowest BCUT2D eigenvalue weighted by Crippen LogP contribution is -2.41. The van der Waals surface area contributed by atoms with Gasteiger partial charge in [0.05, 0.1) is 13.2 Å². The molecule has 2 aromatic heterocycles. The molecule has 6 heteroatoms. The maximum absolute atomic E-state index is 12.4. The first kappa shape index (κ1) is 16.7. The Hall–Kier alpha value is -3.17. The van der Waals surface area contributed by atoms with Crippen molar-refractivity contribution >= 4 is 11.6 Å². The average molecular weight is 334 g/mol. The van der Waals surface area contributed by atoms with Crippen molar-refractivity contribution in [2.75, 3.05) is 26.3 Å². The number of hydrogen-bond acceptors (Lipinski definition) is 4. The van der Waals surface area contributed by atoms with Crippen LogP contribution in [0.4, 0.5) is 0 Å². The third kappa shape index (κ3) is 3.84. The summed E-state index contributed by atoms with van der Waals surface area (Å²) in [6.45, 7) is 2.21. The molecule has 4 rings (SSSR count). The number of fused-ring (bicyclic) bond motifs is 1. The fourth-order valence-corrected chi connectivity index (χ4v) is 2.47. The van der Waals surface area contributed by atoms with E-state index >= 15 is 0 Å². The van der Waals surface area contributed by atoms with Crippen molar-refractivity contribution < 1.29 is 9.53 Å². The van der Waals surface area contributed by atoms with Crippen molar-refractivity contribution in [2.45, 2.75) is 0 Å². The van der Waals surface area contributed by atoms with Crippen LogP contribution in [0.1, 0.15) is 16.1 Å². The van der Waals surface area contributed by atoms with E-state index in [0.717, 1.165) is 0 Å². The zero-order valence-electron chi connectivity index (χ0n) is 13.7. The van der Waals surface area contributed by atoms with Crippen LogP contribution >= 0.6 is 0 Å². The molecule has 0 radical (unpaired) electrons. The predicted molar refractivity (Wildman–Crippen MR) is 94.1 cm³/mol. The Morgan fingerprint density at radius 3 is 2.32 bits per heavy atom. The van der Waals surface area contributed by atoms with Crippen molar-refractivity contribution in [3.05, 3.63) is 66.1 Å². The van der Waals surface area contributed by atoms with Crippen molar-refractivity contribution in [3.8, 4) is 12.3 Å². The number of nitrogens with zero attached hydrogens (tertiary/aromatic N) is 4. The molecule has 126 valence electrons. The second kappa shape index (κ2) is 8.08. The second-order valence-electron chi connectivity index (χ2n) is 5.32. The van der Waals surface area contributed by atoms with E-state index in [9.17, 15) is 4.79 Å². The van der Waals surface area contributed by atoms with Crippen molar-refractivity contribution in [3.63, 3.8) is 0 Å². The highest BCUT2D eigenvalue weighted by Crippen LogP contribution is 2.15. The fraction of sp³-hybridized carbons (Fsp3) is 0.211. The number of hydrogen-bond donors (Lipinski definition) is 0. The highest BCUT2D eigenvalue weighted by molar-refractivity contribution is 5.96. The number of ether oxygens (including phenoxy) is 1. The van der Waals surface area contributed by atoms with Crippen LogP contribution in [-0.2, 0) is 4.74 Å². The summed E-state index contributed by atoms with van der Waals surface area (Å²) in [5, 5.41) is 4.24. The number of benzene rings is 1. The second-order valence-corrected chi connectivity index (χ2v) is 5.32. The van der Waals surface area contributed by atoms with Crippen LogP contribution in [0, 0.1) is 12.3 Å². The molecule has 0 spiro atoms. The van der Waals surface area contributed by atoms with Gasteiger partial charge >= 0.3 is 0 Å². The molecule has 3 aromatic rings. The Bertz CT molecular complexity index is 851. The van der Waals surface area contributed by atoms with Gasteiger partial charge in [0.25, 0.3) is 5.91 Å². The van der Waals surface area contributed by atoms with E-state index in [0.29, 0.717) is 37.5 Å². The van der Waals surface area contributed by atoms with Crippen molar-refractivity contribution in [1.29, 1.82) is 0 Å². The summed E-state index contributed by atoms with van der Waals surface area (Å²) in [5.74, 6) is 2.35. The zero-order valence-corrected chi connectivity index (χ0v) is 13.7. The van der Waals surface area contributed by atoms with Gasteiger partial charge in [-0.25, -0.2) is 9.50 Å². The van der Waals surface area contributed by atoms with Gasteiger partial charge in [0, 0.05) is 25.5 Å². The standard InChI is InChI=1S/C13H12N4O2.C6H6/c1-2-10-11(13(18)16-6-8-19-9-7-16)15-17-5-3-4-14-12(10)17;1-2-4-6-5-3-1/h1,3-5H,6-9H2;1-6H. The lowest BCUT2D eigenvalue weighted by Gasteiger charge is -2.26. The van der Waals surface area contributed by atoms with E-state index in [2.05, 4.69) is 16.0 Å². The van der Waals surface area contributed by atoms with E-state index in [1.54, 1.807) is 23.4 Å². The summed E-state index contributed by atoms with van der Waals surface area (Å²) < 4.78 is 6.76. The molecule has 1 aliphatic rings. The Kier molecular flexibility index (Phi) is 5.39. The van der Waals surface area contributed by atoms with Gasteiger partial charge in [0.15, 0.2) is 11.3 Å². The van der Waals surface area contributed by atoms with E-state index in [1.165, 1.54) is 4.52 Å². The molecule has 1 amide bonds. The molecule has 0 saturated carbocycles. The van der Waals surface area contributed by atoms with Crippen LogP contribution in [0.5, 0.6) is 0 Å². The molecule has 1 aliphatic heterocycles. The first-order chi connectivity index (χ1) is 12.3. The summed E-state index contributed by atoms with van der Waals surface area (Å²) in [6, 6.07) is 13.7. The summed E-state index contributed by atoms with van der Waals surface area (Å²) in [7, 11) is 0. The number of rotatable bonds is 1. The number of carbonyl (C=O) groups is 1. The van der Waals surface area contributed by atoms with Gasteiger partial charge in [-0.05, 0) is 6.07 Å². The van der Waals surface area contributed by atoms with Crippen LogP contribution in [0.3, 0.4) is 0 Å². The molecule has 1 fully saturated rings. The Morgan fingerprint density at radius 1 is 1.08 bits per heavy atom. The summed E-state index contributed by atoms with van der Waals surface area (Å²) >= 11 is 0. The van der Waals surface area contributed by atoms with E-state index < -0.39 is 0 Å². The van der Waals surface area contributed by atoms with Crippen LogP contribution in [0.2, 0.25) is 0 Å². The quantitative estimate of drug-likeness (QED) is 0.638. The highest BCUT2D eigenvalue weighted by Gasteiger charge is 2.25. The average Bonchev–Trinajstić information content (AvgIpc) is 3.08. The number of aromatic nitrogens is 3. The molecule has 0 atom stereocenters. The Balaban J connectivity index is 0.000000258. The molecular formula is C19H18N4O2. The summed E-state index contributed by atoms with van der Waals surface area (Å²) in [4.78, 5) is 18.3. The van der Waals surface area contributed by atoms with Gasteiger partial charge in [-0.15, -0.1) is 6.42 Å². The van der Waals surface area contributed by atoms with Crippen molar-refractivity contribution in [2.24, 2.45) is 0 Å². The topological polar surface area (TPSA) is 59.7 Å². The van der Waals surface area contributed by atoms with Gasteiger partial charge in [0.1, 0.15) is 5.56 Å². The first-order valence-electron chi connectivity index (χ1n) is 7.98. The molecule has 6 nitrogen and oxygen atoms in total. The van der Waals surface area contributed by atoms with E-state index in [-0.39, 0.29) is 11.6 Å². The van der Waals surface area contributed by atoms with Crippen LogP contribution < -0.4 is 0 Å². The fourth-order valence-electron chi connectivity index (χ4n) is 2.47. The van der Waals surface area contributed by atoms with Gasteiger partial charge in [0.2, 0.25) is 0 Å². The summed E-state index contributed by atoms with van der Waals surface area (Å²) in [6.07, 6.45) is 8.84. The third-order valence-electron chi connectivity index (χ3n) is 3.71. The third-order valence-corrected chi connectivity index (χ3v) is 3.71. The number of amides is 1. The molecule has 1 aromatic carbocycles. The number of terminal acetylenes is 1. The maximum atomic E-state index is 12.4. The van der Waals surface area contributed by atoms with Crippen LogP contribution in [0.15, 0.2) is 54.9 Å². The molecule has 25 heavy (non-hydrogen) atoms. The lowest BCUT2D eigenvalue weighted by atomic mass is 10.2. The SMILES string of the molecule is C#Cc1c(C(=O)N2CCOCC2)nn2cccnc12.c1ccccc1. The van der Waals surface area contributed by atoms with Gasteiger partial charge in [-0.1, -0.05) is 42.3 Å². The Morgan fingerprint density at radius 2 is 1.72 bits per heavy atom. The molecule has 3 heterocycles. The molecule has 0 N–H and O–H groups in total. The van der Waals surface area contributed by atoms with Gasteiger partial charge in [-0.3, -0.25) is 4.79 Å². The lowest BCUT2D eigenvalue weighted by molar-refractivity contribution is 0.0298. The minimum Gasteiger partial charge on any atom is -0.378 e. The number of carbonyl (C=O) groups excluding carboxylic acids is 1. The highest BCUT2D eigenvalue weighted by atomic mass is 16.5. The first-order valence-corrected chi connectivity index (χ1v) is 7.98. The van der Waals surface area contributed by atoms with Crippen LogP contribution in [-0.4, -0.2) is 51.7 Å².